The molecular weight excluding hydrogens is 266 g/mol. The van der Waals surface area contributed by atoms with Gasteiger partial charge in [0.1, 0.15) is 0 Å². The van der Waals surface area contributed by atoms with Gasteiger partial charge in [0.2, 0.25) is 5.91 Å². The predicted molar refractivity (Wildman–Crippen MR) is 79.8 cm³/mol. The van der Waals surface area contributed by atoms with Crippen molar-refractivity contribution >= 4 is 17.6 Å². The van der Waals surface area contributed by atoms with Crippen molar-refractivity contribution in [3.8, 4) is 0 Å². The van der Waals surface area contributed by atoms with Crippen molar-refractivity contribution in [2.45, 2.75) is 19.8 Å². The molecule has 1 aromatic rings. The van der Waals surface area contributed by atoms with Crippen LogP contribution in [-0.2, 0) is 16.0 Å². The van der Waals surface area contributed by atoms with Crippen molar-refractivity contribution in [3.05, 3.63) is 42.0 Å². The number of carbonyl (C=O) groups is 2. The molecule has 2 N–H and O–H groups in total. The molecule has 2 bridgehead atoms. The highest BCUT2D eigenvalue weighted by molar-refractivity contribution is 5.96. The summed E-state index contributed by atoms with van der Waals surface area (Å²) in [6, 6.07) is 7.67. The van der Waals surface area contributed by atoms with Gasteiger partial charge in [-0.15, -0.1) is 0 Å². The Bertz CT molecular complexity index is 608. The summed E-state index contributed by atoms with van der Waals surface area (Å²) in [5.41, 5.74) is 1.86. The first-order valence-electron chi connectivity index (χ1n) is 7.41. The molecule has 0 unspecified atom stereocenters. The van der Waals surface area contributed by atoms with Gasteiger partial charge in [0.05, 0.1) is 11.8 Å². The van der Waals surface area contributed by atoms with E-state index in [9.17, 15) is 14.7 Å². The molecule has 1 amide bonds. The third-order valence-electron chi connectivity index (χ3n) is 4.70. The lowest BCUT2D eigenvalue weighted by molar-refractivity contribution is -0.146. The van der Waals surface area contributed by atoms with Gasteiger partial charge < -0.3 is 10.4 Å². The number of anilines is 1. The first-order valence-corrected chi connectivity index (χ1v) is 7.41. The van der Waals surface area contributed by atoms with E-state index in [0.717, 1.165) is 24.1 Å². The summed E-state index contributed by atoms with van der Waals surface area (Å²) >= 11 is 0. The number of carboxylic acids is 1. The summed E-state index contributed by atoms with van der Waals surface area (Å²) in [7, 11) is 0. The second-order valence-electron chi connectivity index (χ2n) is 5.84. The van der Waals surface area contributed by atoms with Gasteiger partial charge in [0.25, 0.3) is 0 Å². The van der Waals surface area contributed by atoms with Crippen LogP contribution in [0.3, 0.4) is 0 Å². The number of rotatable bonds is 4. The Morgan fingerprint density at radius 1 is 1.19 bits per heavy atom. The second kappa shape index (κ2) is 5.35. The Kier molecular flexibility index (Phi) is 3.53. The average molecular weight is 285 g/mol. The molecule has 1 saturated carbocycles. The van der Waals surface area contributed by atoms with Crippen LogP contribution in [0.25, 0.3) is 0 Å². The molecule has 21 heavy (non-hydrogen) atoms. The number of hydrogen-bond acceptors (Lipinski definition) is 2. The van der Waals surface area contributed by atoms with E-state index in [0.29, 0.717) is 0 Å². The molecule has 2 aliphatic carbocycles. The highest BCUT2D eigenvalue weighted by atomic mass is 16.4. The molecule has 0 saturated heterocycles. The molecule has 2 aliphatic rings. The number of aryl methyl sites for hydroxylation is 1. The van der Waals surface area contributed by atoms with Crippen molar-refractivity contribution in [1.82, 2.24) is 0 Å². The number of benzene rings is 1. The van der Waals surface area contributed by atoms with E-state index in [4.69, 9.17) is 0 Å². The van der Waals surface area contributed by atoms with Crippen LogP contribution in [0.1, 0.15) is 18.9 Å². The van der Waals surface area contributed by atoms with Crippen LogP contribution in [-0.4, -0.2) is 17.0 Å². The molecule has 4 nitrogen and oxygen atoms in total. The first kappa shape index (κ1) is 13.9. The minimum absolute atomic E-state index is 0.00432. The number of fused-ring (bicyclic) bond motifs is 2. The number of carboxylic acid groups (broad SMARTS) is 1. The summed E-state index contributed by atoms with van der Waals surface area (Å²) in [5.74, 6) is -2.01. The highest BCUT2D eigenvalue weighted by Gasteiger charge is 2.51. The monoisotopic (exact) mass is 285 g/mol. The fraction of sp³-hybridized carbons (Fsp3) is 0.412. The molecule has 4 atom stereocenters. The molecule has 0 spiro atoms. The van der Waals surface area contributed by atoms with Crippen LogP contribution in [0.2, 0.25) is 0 Å². The zero-order valence-electron chi connectivity index (χ0n) is 12.0. The van der Waals surface area contributed by atoms with E-state index in [-0.39, 0.29) is 17.7 Å². The van der Waals surface area contributed by atoms with Crippen LogP contribution in [0, 0.1) is 23.7 Å². The van der Waals surface area contributed by atoms with Crippen molar-refractivity contribution in [3.63, 3.8) is 0 Å². The largest absolute Gasteiger partial charge is 0.481 e. The van der Waals surface area contributed by atoms with E-state index in [2.05, 4.69) is 5.32 Å². The van der Waals surface area contributed by atoms with Crippen molar-refractivity contribution in [2.75, 3.05) is 5.32 Å². The van der Waals surface area contributed by atoms with Gasteiger partial charge in [0, 0.05) is 5.69 Å². The van der Waals surface area contributed by atoms with E-state index >= 15 is 0 Å². The van der Waals surface area contributed by atoms with Crippen LogP contribution in [0.15, 0.2) is 36.4 Å². The Hall–Kier alpha value is -2.10. The van der Waals surface area contributed by atoms with Crippen molar-refractivity contribution in [1.29, 1.82) is 0 Å². The quantitative estimate of drug-likeness (QED) is 0.836. The van der Waals surface area contributed by atoms with Crippen LogP contribution in [0.4, 0.5) is 5.69 Å². The number of carbonyl (C=O) groups excluding carboxylic acids is 1. The Labute approximate surface area is 123 Å². The van der Waals surface area contributed by atoms with Crippen molar-refractivity contribution in [2.24, 2.45) is 23.7 Å². The lowest BCUT2D eigenvalue weighted by atomic mass is 9.82. The van der Waals surface area contributed by atoms with Gasteiger partial charge in [0.15, 0.2) is 0 Å². The number of hydrogen-bond donors (Lipinski definition) is 2. The molecule has 4 heteroatoms. The number of aliphatic carboxylic acids is 1. The van der Waals surface area contributed by atoms with Crippen LogP contribution >= 0.6 is 0 Å². The maximum Gasteiger partial charge on any atom is 0.307 e. The average Bonchev–Trinajstić information content (AvgIpc) is 3.08. The van der Waals surface area contributed by atoms with Gasteiger partial charge in [-0.05, 0) is 36.3 Å². The van der Waals surface area contributed by atoms with E-state index in [1.54, 1.807) is 0 Å². The zero-order valence-corrected chi connectivity index (χ0v) is 12.0. The fourth-order valence-corrected chi connectivity index (χ4v) is 3.68. The van der Waals surface area contributed by atoms with E-state index in [1.165, 1.54) is 0 Å². The molecule has 0 heterocycles. The standard InChI is InChI=1S/C17H19NO3/c1-2-10-5-3-4-6-13(10)18-16(19)14-11-7-8-12(9-11)15(14)17(20)21/h3-8,11-12,14-15H,2,9H2,1H3,(H,18,19)(H,20,21)/t11-,12-,14-,15-/m0/s1. The highest BCUT2D eigenvalue weighted by Crippen LogP contribution is 2.48. The predicted octanol–water partition coefficient (Wildman–Crippen LogP) is 2.71. The molecular formula is C17H19NO3. The topological polar surface area (TPSA) is 66.4 Å². The summed E-state index contributed by atoms with van der Waals surface area (Å²) in [5, 5.41) is 12.3. The molecule has 3 rings (SSSR count). The second-order valence-corrected chi connectivity index (χ2v) is 5.84. The first-order chi connectivity index (χ1) is 10.1. The van der Waals surface area contributed by atoms with Gasteiger partial charge in [-0.25, -0.2) is 0 Å². The maximum atomic E-state index is 12.6. The number of para-hydroxylation sites is 1. The fourth-order valence-electron chi connectivity index (χ4n) is 3.68. The molecule has 1 aromatic carbocycles. The molecule has 1 fully saturated rings. The Morgan fingerprint density at radius 3 is 2.52 bits per heavy atom. The van der Waals surface area contributed by atoms with Crippen molar-refractivity contribution < 1.29 is 14.7 Å². The summed E-state index contributed by atoms with van der Waals surface area (Å²) in [4.78, 5) is 24.0. The smallest absolute Gasteiger partial charge is 0.307 e. The number of amides is 1. The minimum atomic E-state index is -0.865. The van der Waals surface area contributed by atoms with Gasteiger partial charge in [-0.3, -0.25) is 9.59 Å². The minimum Gasteiger partial charge on any atom is -0.481 e. The van der Waals surface area contributed by atoms with Crippen LogP contribution in [0.5, 0.6) is 0 Å². The molecule has 0 aliphatic heterocycles. The van der Waals surface area contributed by atoms with Gasteiger partial charge in [-0.2, -0.15) is 0 Å². The lowest BCUT2D eigenvalue weighted by Gasteiger charge is -2.24. The summed E-state index contributed by atoms with van der Waals surface area (Å²) < 4.78 is 0. The maximum absolute atomic E-state index is 12.6. The SMILES string of the molecule is CCc1ccccc1NC(=O)[C@@H]1[C@@H](C(=O)O)[C@H]2C=C[C@H]1C2. The summed E-state index contributed by atoms with van der Waals surface area (Å²) in [6.45, 7) is 2.03. The number of nitrogens with one attached hydrogen (secondary N) is 1. The third kappa shape index (κ3) is 2.35. The lowest BCUT2D eigenvalue weighted by Crippen LogP contribution is -2.36. The normalized spacial score (nSPS) is 29.6. The third-order valence-corrected chi connectivity index (χ3v) is 4.70. The zero-order chi connectivity index (χ0) is 15.0. The molecule has 0 aromatic heterocycles. The van der Waals surface area contributed by atoms with Gasteiger partial charge >= 0.3 is 5.97 Å². The molecule has 110 valence electrons. The molecule has 0 radical (unpaired) electrons. The van der Waals surface area contributed by atoms with E-state index in [1.807, 2.05) is 43.3 Å². The Morgan fingerprint density at radius 2 is 1.86 bits per heavy atom. The van der Waals surface area contributed by atoms with E-state index < -0.39 is 17.8 Å². The van der Waals surface area contributed by atoms with Gasteiger partial charge in [-0.1, -0.05) is 37.3 Å². The number of allylic oxidation sites excluding steroid dienone is 2. The summed E-state index contributed by atoms with van der Waals surface area (Å²) in [6.07, 6.45) is 5.56. The Balaban J connectivity index is 1.82. The van der Waals surface area contributed by atoms with Crippen LogP contribution < -0.4 is 5.32 Å².